The van der Waals surface area contributed by atoms with Crippen LogP contribution in [0.15, 0.2) is 25.3 Å². The average molecular weight is 312 g/mol. The summed E-state index contributed by atoms with van der Waals surface area (Å²) in [5.41, 5.74) is -0.916. The van der Waals surface area contributed by atoms with Gasteiger partial charge in [0.05, 0.1) is 13.2 Å². The van der Waals surface area contributed by atoms with Crippen molar-refractivity contribution in [2.75, 3.05) is 26.4 Å². The third-order valence-electron chi connectivity index (χ3n) is 3.29. The van der Waals surface area contributed by atoms with E-state index in [0.717, 1.165) is 12.2 Å². The molecule has 124 valence electrons. The predicted molar refractivity (Wildman–Crippen MR) is 79.9 cm³/mol. The summed E-state index contributed by atoms with van der Waals surface area (Å²) in [6.45, 7) is 13.5. The van der Waals surface area contributed by atoms with Crippen LogP contribution in [0.5, 0.6) is 0 Å². The van der Waals surface area contributed by atoms with Crippen LogP contribution in [-0.4, -0.2) is 44.7 Å². The van der Waals surface area contributed by atoms with Gasteiger partial charge in [-0.05, 0) is 0 Å². The van der Waals surface area contributed by atoms with E-state index in [2.05, 4.69) is 13.2 Å². The standard InChI is InChI=1S/C16H24O6/c1-6-12(17)19-8-15(3,4)14-21-10-16(5,11-22-14)9-20-13(18)7-2/h6-7,14H,1-2,8-11H2,3-5H3. The van der Waals surface area contributed by atoms with Crippen molar-refractivity contribution in [2.45, 2.75) is 27.1 Å². The van der Waals surface area contributed by atoms with Crippen LogP contribution < -0.4 is 0 Å². The number of carbonyl (C=O) groups excluding carboxylic acids is 2. The highest BCUT2D eigenvalue weighted by molar-refractivity contribution is 5.81. The van der Waals surface area contributed by atoms with Gasteiger partial charge in [-0.3, -0.25) is 0 Å². The molecule has 1 heterocycles. The zero-order valence-electron chi connectivity index (χ0n) is 13.4. The molecule has 1 saturated heterocycles. The lowest BCUT2D eigenvalue weighted by Crippen LogP contribution is -2.49. The monoisotopic (exact) mass is 312 g/mol. The fraction of sp³-hybridized carbons (Fsp3) is 0.625. The summed E-state index contributed by atoms with van der Waals surface area (Å²) in [6.07, 6.45) is 1.73. The minimum atomic E-state index is -0.506. The average Bonchev–Trinajstić information content (AvgIpc) is 2.50. The van der Waals surface area contributed by atoms with E-state index in [1.807, 2.05) is 20.8 Å². The Labute approximate surface area is 131 Å². The second-order valence-electron chi connectivity index (χ2n) is 6.38. The second-order valence-corrected chi connectivity index (χ2v) is 6.38. The van der Waals surface area contributed by atoms with Gasteiger partial charge in [0.25, 0.3) is 0 Å². The molecule has 0 amide bonds. The minimum absolute atomic E-state index is 0.157. The molecule has 0 radical (unpaired) electrons. The molecule has 0 aromatic carbocycles. The molecule has 0 saturated carbocycles. The third kappa shape index (κ3) is 5.27. The van der Waals surface area contributed by atoms with Crippen molar-refractivity contribution < 1.29 is 28.5 Å². The van der Waals surface area contributed by atoms with Gasteiger partial charge >= 0.3 is 11.9 Å². The number of rotatable bonds is 7. The SMILES string of the molecule is C=CC(=O)OCC1(C)COC(C(C)(C)COC(=O)C=C)OC1. The Morgan fingerprint density at radius 3 is 2.18 bits per heavy atom. The summed E-state index contributed by atoms with van der Waals surface area (Å²) in [4.78, 5) is 22.3. The molecule has 0 aromatic rings. The molecule has 22 heavy (non-hydrogen) atoms. The van der Waals surface area contributed by atoms with Gasteiger partial charge in [0.2, 0.25) is 0 Å². The molecular formula is C16H24O6. The highest BCUT2D eigenvalue weighted by atomic mass is 16.7. The molecule has 0 atom stereocenters. The maximum absolute atomic E-state index is 11.1. The first-order chi connectivity index (χ1) is 10.2. The van der Waals surface area contributed by atoms with Gasteiger partial charge in [0.1, 0.15) is 13.2 Å². The smallest absolute Gasteiger partial charge is 0.330 e. The van der Waals surface area contributed by atoms with Gasteiger partial charge in [-0.1, -0.05) is 33.9 Å². The predicted octanol–water partition coefficient (Wildman–Crippen LogP) is 1.85. The Morgan fingerprint density at radius 1 is 1.18 bits per heavy atom. The first-order valence-corrected chi connectivity index (χ1v) is 7.04. The zero-order valence-corrected chi connectivity index (χ0v) is 13.4. The van der Waals surface area contributed by atoms with Gasteiger partial charge in [-0.25, -0.2) is 9.59 Å². The molecule has 6 heteroatoms. The number of hydrogen-bond acceptors (Lipinski definition) is 6. The van der Waals surface area contributed by atoms with E-state index in [9.17, 15) is 9.59 Å². The summed E-state index contributed by atoms with van der Waals surface area (Å²) in [6, 6.07) is 0. The summed E-state index contributed by atoms with van der Waals surface area (Å²) >= 11 is 0. The Morgan fingerprint density at radius 2 is 1.68 bits per heavy atom. The molecule has 0 aromatic heterocycles. The first kappa shape index (κ1) is 18.4. The van der Waals surface area contributed by atoms with E-state index < -0.39 is 29.1 Å². The van der Waals surface area contributed by atoms with Crippen LogP contribution in [0.3, 0.4) is 0 Å². The molecule has 0 aliphatic carbocycles. The Balaban J connectivity index is 2.49. The van der Waals surface area contributed by atoms with Crippen LogP contribution in [0.2, 0.25) is 0 Å². The van der Waals surface area contributed by atoms with Crippen molar-refractivity contribution in [1.82, 2.24) is 0 Å². The highest BCUT2D eigenvalue weighted by Crippen LogP contribution is 2.33. The van der Waals surface area contributed by atoms with Crippen molar-refractivity contribution in [1.29, 1.82) is 0 Å². The third-order valence-corrected chi connectivity index (χ3v) is 3.29. The van der Waals surface area contributed by atoms with Gasteiger partial charge < -0.3 is 18.9 Å². The van der Waals surface area contributed by atoms with E-state index in [1.165, 1.54) is 0 Å². The van der Waals surface area contributed by atoms with Gasteiger partial charge in [0.15, 0.2) is 6.29 Å². The lowest BCUT2D eigenvalue weighted by molar-refractivity contribution is -0.276. The molecule has 1 aliphatic rings. The van der Waals surface area contributed by atoms with Crippen molar-refractivity contribution in [3.05, 3.63) is 25.3 Å². The Bertz CT molecular complexity index is 432. The number of carbonyl (C=O) groups is 2. The molecule has 1 aliphatic heterocycles. The zero-order chi connectivity index (χ0) is 16.8. The van der Waals surface area contributed by atoms with Crippen LogP contribution in [-0.2, 0) is 28.5 Å². The van der Waals surface area contributed by atoms with E-state index in [-0.39, 0.29) is 13.2 Å². The normalized spacial score (nSPS) is 25.1. The van der Waals surface area contributed by atoms with Crippen LogP contribution in [0, 0.1) is 10.8 Å². The van der Waals surface area contributed by atoms with Gasteiger partial charge in [-0.2, -0.15) is 0 Å². The van der Waals surface area contributed by atoms with Crippen LogP contribution >= 0.6 is 0 Å². The van der Waals surface area contributed by atoms with Crippen molar-refractivity contribution >= 4 is 11.9 Å². The van der Waals surface area contributed by atoms with E-state index >= 15 is 0 Å². The molecule has 1 rings (SSSR count). The number of esters is 2. The lowest BCUT2D eigenvalue weighted by atomic mass is 9.89. The summed E-state index contributed by atoms with van der Waals surface area (Å²) in [7, 11) is 0. The topological polar surface area (TPSA) is 71.1 Å². The van der Waals surface area contributed by atoms with Crippen LogP contribution in [0.25, 0.3) is 0 Å². The lowest BCUT2D eigenvalue weighted by Gasteiger charge is -2.42. The fourth-order valence-corrected chi connectivity index (χ4v) is 1.87. The van der Waals surface area contributed by atoms with Gasteiger partial charge in [-0.15, -0.1) is 0 Å². The molecule has 0 spiro atoms. The summed E-state index contributed by atoms with van der Waals surface area (Å²) in [5.74, 6) is -0.954. The summed E-state index contributed by atoms with van der Waals surface area (Å²) in [5, 5.41) is 0. The molecular weight excluding hydrogens is 288 g/mol. The molecule has 0 bridgehead atoms. The van der Waals surface area contributed by atoms with Gasteiger partial charge in [0, 0.05) is 23.0 Å². The Hall–Kier alpha value is -1.66. The highest BCUT2D eigenvalue weighted by Gasteiger charge is 2.41. The van der Waals surface area contributed by atoms with Crippen molar-refractivity contribution in [2.24, 2.45) is 10.8 Å². The quantitative estimate of drug-likeness (QED) is 0.528. The van der Waals surface area contributed by atoms with Crippen LogP contribution in [0.4, 0.5) is 0 Å². The molecule has 6 nitrogen and oxygen atoms in total. The largest absolute Gasteiger partial charge is 0.462 e. The van der Waals surface area contributed by atoms with E-state index in [1.54, 1.807) is 0 Å². The van der Waals surface area contributed by atoms with Crippen molar-refractivity contribution in [3.8, 4) is 0 Å². The second kappa shape index (κ2) is 7.56. The molecule has 0 unspecified atom stereocenters. The van der Waals surface area contributed by atoms with Crippen molar-refractivity contribution in [3.63, 3.8) is 0 Å². The number of hydrogen-bond donors (Lipinski definition) is 0. The van der Waals surface area contributed by atoms with E-state index in [4.69, 9.17) is 18.9 Å². The number of ether oxygens (including phenoxy) is 4. The van der Waals surface area contributed by atoms with E-state index in [0.29, 0.717) is 13.2 Å². The first-order valence-electron chi connectivity index (χ1n) is 7.04. The maximum Gasteiger partial charge on any atom is 0.330 e. The Kier molecular flexibility index (Phi) is 6.32. The summed E-state index contributed by atoms with van der Waals surface area (Å²) < 4.78 is 21.6. The minimum Gasteiger partial charge on any atom is -0.462 e. The van der Waals surface area contributed by atoms with Crippen LogP contribution in [0.1, 0.15) is 20.8 Å². The maximum atomic E-state index is 11.1. The molecule has 0 N–H and O–H groups in total. The molecule has 1 fully saturated rings. The fourth-order valence-electron chi connectivity index (χ4n) is 1.87.